The number of rotatable bonds is 3. The van der Waals surface area contributed by atoms with Crippen LogP contribution in [0, 0.1) is 0 Å². The van der Waals surface area contributed by atoms with Crippen molar-refractivity contribution < 1.29 is 0 Å². The Morgan fingerprint density at radius 1 is 1.00 bits per heavy atom. The fourth-order valence-corrected chi connectivity index (χ4v) is 3.01. The van der Waals surface area contributed by atoms with E-state index in [0.29, 0.717) is 11.5 Å². The van der Waals surface area contributed by atoms with Gasteiger partial charge in [-0.3, -0.25) is 4.98 Å². The smallest absolute Gasteiger partial charge is 0.159 e. The van der Waals surface area contributed by atoms with Crippen LogP contribution in [0.3, 0.4) is 0 Å². The van der Waals surface area contributed by atoms with Crippen molar-refractivity contribution in [2.45, 2.75) is 12.8 Å². The van der Waals surface area contributed by atoms with E-state index in [1.807, 2.05) is 30.3 Å². The van der Waals surface area contributed by atoms with Crippen LogP contribution < -0.4 is 16.0 Å². The zero-order valence-corrected chi connectivity index (χ0v) is 12.7. The van der Waals surface area contributed by atoms with Gasteiger partial charge in [-0.1, -0.05) is 6.07 Å². The summed E-state index contributed by atoms with van der Waals surface area (Å²) in [4.78, 5) is 15.3. The van der Waals surface area contributed by atoms with Gasteiger partial charge in [0.25, 0.3) is 0 Å². The lowest BCUT2D eigenvalue weighted by atomic mass is 10.2. The quantitative estimate of drug-likeness (QED) is 0.774. The Labute approximate surface area is 134 Å². The van der Waals surface area contributed by atoms with Crippen LogP contribution in [0.2, 0.25) is 0 Å². The monoisotopic (exact) mass is 306 g/mol. The van der Waals surface area contributed by atoms with E-state index >= 15 is 0 Å². The van der Waals surface area contributed by atoms with E-state index in [-0.39, 0.29) is 0 Å². The summed E-state index contributed by atoms with van der Waals surface area (Å²) in [7, 11) is 0. The number of benzene rings is 1. The zero-order chi connectivity index (χ0) is 15.6. The normalized spacial score (nSPS) is 14.3. The first-order valence-corrected chi connectivity index (χ1v) is 7.79. The minimum atomic E-state index is 0.593. The summed E-state index contributed by atoms with van der Waals surface area (Å²) in [6.07, 6.45) is 5.72. The Balaban J connectivity index is 1.72. The van der Waals surface area contributed by atoms with Gasteiger partial charge in [0, 0.05) is 30.4 Å². The molecule has 1 fully saturated rings. The van der Waals surface area contributed by atoms with Crippen molar-refractivity contribution in [2.24, 2.45) is 0 Å². The van der Waals surface area contributed by atoms with Crippen LogP contribution in [0.4, 0.5) is 23.0 Å². The molecule has 0 radical (unpaired) electrons. The average Bonchev–Trinajstić information content (AvgIpc) is 3.11. The van der Waals surface area contributed by atoms with Gasteiger partial charge in [-0.15, -0.1) is 0 Å². The number of anilines is 4. The molecule has 0 amide bonds. The van der Waals surface area contributed by atoms with Gasteiger partial charge in [0.1, 0.15) is 12.0 Å². The molecule has 3 aromatic rings. The van der Waals surface area contributed by atoms with Gasteiger partial charge in [0.05, 0.1) is 5.52 Å². The third-order valence-corrected chi connectivity index (χ3v) is 4.17. The summed E-state index contributed by atoms with van der Waals surface area (Å²) in [5, 5.41) is 4.37. The van der Waals surface area contributed by atoms with E-state index < -0.39 is 0 Å². The number of hydrogen-bond acceptors (Lipinski definition) is 6. The highest BCUT2D eigenvalue weighted by molar-refractivity contribution is 5.94. The van der Waals surface area contributed by atoms with E-state index in [4.69, 9.17) is 5.73 Å². The predicted octanol–water partition coefficient (Wildman–Crippen LogP) is 2.95. The number of aromatic nitrogens is 3. The van der Waals surface area contributed by atoms with Gasteiger partial charge in [-0.25, -0.2) is 9.97 Å². The Morgan fingerprint density at radius 2 is 1.87 bits per heavy atom. The fourth-order valence-electron chi connectivity index (χ4n) is 3.01. The number of nitrogen functional groups attached to an aromatic ring is 1. The number of fused-ring (bicyclic) bond motifs is 1. The number of pyridine rings is 1. The molecule has 1 aromatic carbocycles. The second kappa shape index (κ2) is 5.72. The molecule has 116 valence electrons. The molecule has 6 heteroatoms. The maximum absolute atomic E-state index is 6.31. The Morgan fingerprint density at radius 3 is 2.74 bits per heavy atom. The average molecular weight is 306 g/mol. The zero-order valence-electron chi connectivity index (χ0n) is 12.7. The highest BCUT2D eigenvalue weighted by Crippen LogP contribution is 2.32. The SMILES string of the molecule is Nc1c(Nc2cccc3ncccc23)ncnc1N1CCCC1. The van der Waals surface area contributed by atoms with Gasteiger partial charge >= 0.3 is 0 Å². The second-order valence-electron chi connectivity index (χ2n) is 5.65. The highest BCUT2D eigenvalue weighted by Gasteiger charge is 2.18. The topological polar surface area (TPSA) is 80.0 Å². The van der Waals surface area contributed by atoms with Crippen molar-refractivity contribution in [3.63, 3.8) is 0 Å². The summed E-state index contributed by atoms with van der Waals surface area (Å²) in [5.74, 6) is 1.46. The van der Waals surface area contributed by atoms with Crippen LogP contribution >= 0.6 is 0 Å². The maximum Gasteiger partial charge on any atom is 0.159 e. The predicted molar refractivity (Wildman–Crippen MR) is 92.9 cm³/mol. The molecule has 23 heavy (non-hydrogen) atoms. The summed E-state index contributed by atoms with van der Waals surface area (Å²) in [6.45, 7) is 2.00. The largest absolute Gasteiger partial charge is 0.393 e. The number of nitrogens with zero attached hydrogens (tertiary/aromatic N) is 4. The second-order valence-corrected chi connectivity index (χ2v) is 5.65. The molecule has 3 heterocycles. The van der Waals surface area contributed by atoms with Crippen molar-refractivity contribution in [3.8, 4) is 0 Å². The number of nitrogens with two attached hydrogens (primary N) is 1. The maximum atomic E-state index is 6.31. The molecule has 1 aliphatic heterocycles. The minimum absolute atomic E-state index is 0.593. The highest BCUT2D eigenvalue weighted by atomic mass is 15.2. The molecular formula is C17H18N6. The summed E-state index contributed by atoms with van der Waals surface area (Å²) >= 11 is 0. The van der Waals surface area contributed by atoms with Crippen molar-refractivity contribution in [1.29, 1.82) is 0 Å². The first-order chi connectivity index (χ1) is 11.3. The lowest BCUT2D eigenvalue weighted by Gasteiger charge is -2.19. The van der Waals surface area contributed by atoms with Crippen molar-refractivity contribution in [1.82, 2.24) is 15.0 Å². The molecule has 0 aliphatic carbocycles. The number of hydrogen-bond donors (Lipinski definition) is 2. The lowest BCUT2D eigenvalue weighted by molar-refractivity contribution is 0.931. The first kappa shape index (κ1) is 13.8. The van der Waals surface area contributed by atoms with Crippen molar-refractivity contribution in [3.05, 3.63) is 42.9 Å². The molecule has 3 N–H and O–H groups in total. The van der Waals surface area contributed by atoms with Crippen LogP contribution in [0.5, 0.6) is 0 Å². The Kier molecular flexibility index (Phi) is 3.42. The minimum Gasteiger partial charge on any atom is -0.393 e. The van der Waals surface area contributed by atoms with Crippen LogP contribution in [-0.4, -0.2) is 28.0 Å². The van der Waals surface area contributed by atoms with Crippen LogP contribution in [0.25, 0.3) is 10.9 Å². The van der Waals surface area contributed by atoms with E-state index in [2.05, 4.69) is 25.2 Å². The van der Waals surface area contributed by atoms with Crippen molar-refractivity contribution in [2.75, 3.05) is 29.0 Å². The van der Waals surface area contributed by atoms with Gasteiger partial charge in [-0.05, 0) is 37.1 Å². The molecule has 0 spiro atoms. The molecule has 1 aliphatic rings. The fraction of sp³-hybridized carbons (Fsp3) is 0.235. The van der Waals surface area contributed by atoms with Crippen LogP contribution in [0.15, 0.2) is 42.9 Å². The van der Waals surface area contributed by atoms with Gasteiger partial charge in [-0.2, -0.15) is 0 Å². The van der Waals surface area contributed by atoms with E-state index in [1.165, 1.54) is 12.8 Å². The molecule has 0 unspecified atom stereocenters. The molecule has 2 aromatic heterocycles. The van der Waals surface area contributed by atoms with Crippen LogP contribution in [0.1, 0.15) is 12.8 Å². The van der Waals surface area contributed by atoms with Gasteiger partial charge in [0.15, 0.2) is 11.6 Å². The molecular weight excluding hydrogens is 288 g/mol. The first-order valence-electron chi connectivity index (χ1n) is 7.79. The standard InChI is InChI=1S/C17H18N6/c18-15-16(20-11-21-17(15)23-9-1-2-10-23)22-14-7-3-6-13-12(14)5-4-8-19-13/h3-8,11H,1-2,9-10,18H2,(H,20,21,22). The Hall–Kier alpha value is -2.89. The summed E-state index contributed by atoms with van der Waals surface area (Å²) in [5.41, 5.74) is 8.78. The third-order valence-electron chi connectivity index (χ3n) is 4.17. The van der Waals surface area contributed by atoms with Crippen molar-refractivity contribution >= 4 is 33.9 Å². The van der Waals surface area contributed by atoms with E-state index in [1.54, 1.807) is 12.5 Å². The lowest BCUT2D eigenvalue weighted by Crippen LogP contribution is -2.21. The van der Waals surface area contributed by atoms with Crippen LogP contribution in [-0.2, 0) is 0 Å². The molecule has 1 saturated heterocycles. The Bertz CT molecular complexity index is 836. The van der Waals surface area contributed by atoms with E-state index in [9.17, 15) is 0 Å². The molecule has 0 saturated carbocycles. The third kappa shape index (κ3) is 2.52. The molecule has 6 nitrogen and oxygen atoms in total. The van der Waals surface area contributed by atoms with E-state index in [0.717, 1.165) is 35.5 Å². The summed E-state index contributed by atoms with van der Waals surface area (Å²) < 4.78 is 0. The number of nitrogens with one attached hydrogen (secondary N) is 1. The van der Waals surface area contributed by atoms with Gasteiger partial charge in [0.2, 0.25) is 0 Å². The van der Waals surface area contributed by atoms with Gasteiger partial charge < -0.3 is 16.0 Å². The molecule has 0 bridgehead atoms. The molecule has 0 atom stereocenters. The summed E-state index contributed by atoms with van der Waals surface area (Å²) in [6, 6.07) is 9.91. The molecule has 4 rings (SSSR count).